The van der Waals surface area contributed by atoms with E-state index in [9.17, 15) is 14.3 Å². The lowest BCUT2D eigenvalue weighted by Crippen LogP contribution is -2.28. The second-order valence-electron chi connectivity index (χ2n) is 6.50. The van der Waals surface area contributed by atoms with Crippen molar-refractivity contribution >= 4 is 13.9 Å². The second kappa shape index (κ2) is 7.41. The highest BCUT2D eigenvalue weighted by Crippen LogP contribution is 2.52. The molecule has 10 nitrogen and oxygen atoms in total. The Morgan fingerprint density at radius 2 is 2.16 bits per heavy atom. The zero-order valence-electron chi connectivity index (χ0n) is 14.0. The summed E-state index contributed by atoms with van der Waals surface area (Å²) < 4.78 is 21.6. The molecule has 140 valence electrons. The van der Waals surface area contributed by atoms with Crippen molar-refractivity contribution in [2.75, 3.05) is 19.8 Å². The van der Waals surface area contributed by atoms with Gasteiger partial charge in [-0.05, 0) is 43.4 Å². The van der Waals surface area contributed by atoms with E-state index in [1.54, 1.807) is 0 Å². The Morgan fingerprint density at radius 3 is 2.88 bits per heavy atom. The summed E-state index contributed by atoms with van der Waals surface area (Å²) in [5.41, 5.74) is 2.27. The molecular formula is C14H22N4O6P-. The molecule has 1 aromatic rings. The third-order valence-electron chi connectivity index (χ3n) is 4.99. The Balaban J connectivity index is 1.37. The number of phosphoric acid groups is 1. The summed E-state index contributed by atoms with van der Waals surface area (Å²) in [6.07, 6.45) is 3.29. The number of hydrogen-bond acceptors (Lipinski definition) is 7. The standard InChI is InChI=1S/C14H23N4O6P/c1-18-13-5-3-10-9(2-4-12(13)16-17-18)11(10)8-23-14(19)15-6-7-24-25(20,21)22/h9-11H,2-8H2,1H3,(H,15,19)(H2,20,21,22)/p-1/t9-,10+,11-/m0/s1. The van der Waals surface area contributed by atoms with Crippen LogP contribution in [0, 0.1) is 17.8 Å². The van der Waals surface area contributed by atoms with Crippen LogP contribution in [-0.4, -0.2) is 45.7 Å². The van der Waals surface area contributed by atoms with Gasteiger partial charge < -0.3 is 24.4 Å². The topological polar surface area (TPSA) is 139 Å². The van der Waals surface area contributed by atoms with Gasteiger partial charge in [-0.1, -0.05) is 5.21 Å². The summed E-state index contributed by atoms with van der Waals surface area (Å²) >= 11 is 0. The van der Waals surface area contributed by atoms with Crippen molar-refractivity contribution in [3.05, 3.63) is 11.4 Å². The third-order valence-corrected chi connectivity index (χ3v) is 5.50. The molecule has 2 N–H and O–H groups in total. The van der Waals surface area contributed by atoms with Crippen LogP contribution in [0.1, 0.15) is 24.2 Å². The second-order valence-corrected chi connectivity index (χ2v) is 7.70. The van der Waals surface area contributed by atoms with Crippen LogP contribution in [-0.2, 0) is 33.7 Å². The largest absolute Gasteiger partial charge is 0.756 e. The van der Waals surface area contributed by atoms with Crippen LogP contribution in [0.4, 0.5) is 4.79 Å². The number of alkyl carbamates (subject to hydrolysis) is 1. The van der Waals surface area contributed by atoms with E-state index in [2.05, 4.69) is 20.2 Å². The number of fused-ring (bicyclic) bond motifs is 2. The number of nitrogens with zero attached hydrogens (tertiary/aromatic N) is 3. The zero-order chi connectivity index (χ0) is 18.0. The van der Waals surface area contributed by atoms with Gasteiger partial charge >= 0.3 is 6.09 Å². The monoisotopic (exact) mass is 373 g/mol. The van der Waals surface area contributed by atoms with Crippen molar-refractivity contribution in [1.82, 2.24) is 20.3 Å². The van der Waals surface area contributed by atoms with Gasteiger partial charge in [-0.2, -0.15) is 0 Å². The number of rotatable bonds is 6. The molecule has 11 heteroatoms. The van der Waals surface area contributed by atoms with Crippen molar-refractivity contribution in [2.24, 2.45) is 24.8 Å². The van der Waals surface area contributed by atoms with Gasteiger partial charge in [0.25, 0.3) is 7.82 Å². The molecule has 0 aliphatic heterocycles. The summed E-state index contributed by atoms with van der Waals surface area (Å²) in [5.74, 6) is 1.47. The van der Waals surface area contributed by atoms with Crippen LogP contribution in [0.15, 0.2) is 0 Å². The molecule has 1 fully saturated rings. The van der Waals surface area contributed by atoms with Crippen molar-refractivity contribution in [2.45, 2.75) is 25.7 Å². The highest BCUT2D eigenvalue weighted by atomic mass is 31.2. The summed E-state index contributed by atoms with van der Waals surface area (Å²) in [6, 6.07) is 0. The molecule has 3 rings (SSSR count). The van der Waals surface area contributed by atoms with Crippen LogP contribution in [0.25, 0.3) is 0 Å². The molecule has 0 radical (unpaired) electrons. The van der Waals surface area contributed by atoms with E-state index >= 15 is 0 Å². The van der Waals surface area contributed by atoms with Gasteiger partial charge in [0.2, 0.25) is 0 Å². The molecule has 25 heavy (non-hydrogen) atoms. The van der Waals surface area contributed by atoms with Crippen LogP contribution in [0.3, 0.4) is 0 Å². The van der Waals surface area contributed by atoms with Gasteiger partial charge in [0.15, 0.2) is 0 Å². The van der Waals surface area contributed by atoms with Gasteiger partial charge in [0.1, 0.15) is 0 Å². The van der Waals surface area contributed by atoms with Crippen LogP contribution >= 0.6 is 7.82 Å². The summed E-state index contributed by atoms with van der Waals surface area (Å²) in [6.45, 7) is -0.0401. The van der Waals surface area contributed by atoms with Gasteiger partial charge in [0, 0.05) is 13.6 Å². The first-order valence-corrected chi connectivity index (χ1v) is 9.81. The summed E-state index contributed by atoms with van der Waals surface area (Å²) in [4.78, 5) is 30.4. The Bertz CT molecular complexity index is 674. The van der Waals surface area contributed by atoms with Gasteiger partial charge in [-0.25, -0.2) is 4.79 Å². The minimum Gasteiger partial charge on any atom is -0.756 e. The van der Waals surface area contributed by atoms with Crippen molar-refractivity contribution in [1.29, 1.82) is 0 Å². The maximum Gasteiger partial charge on any atom is 0.407 e. The number of phosphoric ester groups is 1. The molecule has 0 bridgehead atoms. The highest BCUT2D eigenvalue weighted by Gasteiger charge is 2.50. The maximum absolute atomic E-state index is 11.6. The molecule has 1 saturated carbocycles. The minimum atomic E-state index is -4.75. The lowest BCUT2D eigenvalue weighted by Gasteiger charge is -2.15. The molecule has 2 aliphatic rings. The molecule has 1 unspecified atom stereocenters. The number of nitrogens with one attached hydrogen (secondary N) is 1. The maximum atomic E-state index is 11.6. The van der Waals surface area contributed by atoms with Gasteiger partial charge in [-0.3, -0.25) is 9.25 Å². The quantitative estimate of drug-likeness (QED) is 0.514. The van der Waals surface area contributed by atoms with Gasteiger partial charge in [-0.15, -0.1) is 5.10 Å². The van der Waals surface area contributed by atoms with Gasteiger partial charge in [0.05, 0.1) is 24.6 Å². The molecule has 0 spiro atoms. The van der Waals surface area contributed by atoms with Crippen LogP contribution in [0.2, 0.25) is 0 Å². The van der Waals surface area contributed by atoms with Crippen molar-refractivity contribution < 1.29 is 28.4 Å². The van der Waals surface area contributed by atoms with E-state index in [-0.39, 0.29) is 13.2 Å². The van der Waals surface area contributed by atoms with E-state index in [1.165, 1.54) is 5.69 Å². The molecule has 0 aromatic carbocycles. The number of carbonyl (C=O) groups excluding carboxylic acids is 1. The first-order valence-electron chi connectivity index (χ1n) is 8.31. The fourth-order valence-corrected chi connectivity index (χ4v) is 4.01. The number of amides is 1. The normalized spacial score (nSPS) is 27.2. The number of aryl methyl sites for hydroxylation is 2. The van der Waals surface area contributed by atoms with Crippen molar-refractivity contribution in [3.8, 4) is 0 Å². The van der Waals surface area contributed by atoms with Crippen LogP contribution < -0.4 is 10.2 Å². The smallest absolute Gasteiger partial charge is 0.407 e. The first-order chi connectivity index (χ1) is 11.8. The number of aromatic nitrogens is 3. The fourth-order valence-electron chi connectivity index (χ4n) is 3.69. The third kappa shape index (κ3) is 4.78. The van der Waals surface area contributed by atoms with Crippen LogP contribution in [0.5, 0.6) is 0 Å². The predicted octanol–water partition coefficient (Wildman–Crippen LogP) is -0.240. The van der Waals surface area contributed by atoms with Crippen molar-refractivity contribution in [3.63, 3.8) is 0 Å². The van der Waals surface area contributed by atoms with E-state index in [1.807, 2.05) is 11.7 Å². The minimum absolute atomic E-state index is 0.0584. The Labute approximate surface area is 145 Å². The lowest BCUT2D eigenvalue weighted by molar-refractivity contribution is -0.219. The average Bonchev–Trinajstić information content (AvgIpc) is 3.05. The average molecular weight is 373 g/mol. The fraction of sp³-hybridized carbons (Fsp3) is 0.786. The number of carbonyl (C=O) groups is 1. The SMILES string of the molecule is Cn1nnc2c1CC[C@@H]1[C@H](CC2)[C@@H]1COC(=O)NCCOP(=O)([O-])O. The highest BCUT2D eigenvalue weighted by molar-refractivity contribution is 7.44. The molecule has 1 aromatic heterocycles. The number of ether oxygens (including phenoxy) is 1. The Kier molecular flexibility index (Phi) is 5.43. The first kappa shape index (κ1) is 18.3. The molecule has 2 aliphatic carbocycles. The molecular weight excluding hydrogens is 351 g/mol. The summed E-state index contributed by atoms with van der Waals surface area (Å²) in [7, 11) is -2.84. The molecule has 1 heterocycles. The number of hydrogen-bond donors (Lipinski definition) is 2. The lowest BCUT2D eigenvalue weighted by atomic mass is 10.0. The molecule has 4 atom stereocenters. The van der Waals surface area contributed by atoms with E-state index in [4.69, 9.17) is 9.63 Å². The molecule has 1 amide bonds. The Morgan fingerprint density at radius 1 is 1.44 bits per heavy atom. The van der Waals surface area contributed by atoms with E-state index in [0.717, 1.165) is 31.4 Å². The predicted molar refractivity (Wildman–Crippen MR) is 83.2 cm³/mol. The molecule has 0 saturated heterocycles. The van der Waals surface area contributed by atoms with E-state index < -0.39 is 13.9 Å². The summed E-state index contributed by atoms with van der Waals surface area (Å²) in [5, 5.41) is 10.7. The van der Waals surface area contributed by atoms with E-state index in [0.29, 0.717) is 24.4 Å². The zero-order valence-corrected chi connectivity index (χ0v) is 14.9. The Hall–Kier alpha value is -1.48.